The molecule has 2 atom stereocenters. The van der Waals surface area contributed by atoms with Crippen molar-refractivity contribution in [3.05, 3.63) is 11.6 Å². The van der Waals surface area contributed by atoms with Gasteiger partial charge in [0.25, 0.3) is 0 Å². The Hall–Kier alpha value is -0.940. The zero-order valence-corrected chi connectivity index (χ0v) is 9.40. The van der Waals surface area contributed by atoms with Crippen molar-refractivity contribution < 1.29 is 0 Å². The zero-order chi connectivity index (χ0) is 10.8. The molecule has 84 valence electrons. The van der Waals surface area contributed by atoms with Gasteiger partial charge < -0.3 is 15.6 Å². The van der Waals surface area contributed by atoms with Crippen molar-refractivity contribution in [2.75, 3.05) is 6.54 Å². The molecule has 0 fully saturated rings. The molecule has 1 aromatic heterocycles. The SMILES string of the molecule is CC(CN)NC(C)c1nnc2n1CCC2. The van der Waals surface area contributed by atoms with E-state index in [1.807, 2.05) is 0 Å². The number of hydrogen-bond donors (Lipinski definition) is 2. The van der Waals surface area contributed by atoms with Gasteiger partial charge in [0, 0.05) is 25.6 Å². The van der Waals surface area contributed by atoms with E-state index >= 15 is 0 Å². The van der Waals surface area contributed by atoms with Crippen LogP contribution in [0.15, 0.2) is 0 Å². The van der Waals surface area contributed by atoms with Crippen LogP contribution in [0.5, 0.6) is 0 Å². The van der Waals surface area contributed by atoms with Crippen LogP contribution in [-0.2, 0) is 13.0 Å². The molecule has 1 aromatic rings. The van der Waals surface area contributed by atoms with Crippen molar-refractivity contribution in [1.29, 1.82) is 0 Å². The summed E-state index contributed by atoms with van der Waals surface area (Å²) in [5.74, 6) is 2.17. The Morgan fingerprint density at radius 3 is 3.00 bits per heavy atom. The third-order valence-corrected chi connectivity index (χ3v) is 2.91. The van der Waals surface area contributed by atoms with E-state index in [0.29, 0.717) is 12.6 Å². The van der Waals surface area contributed by atoms with Crippen molar-refractivity contribution in [3.63, 3.8) is 0 Å². The van der Waals surface area contributed by atoms with Crippen molar-refractivity contribution >= 4 is 0 Å². The van der Waals surface area contributed by atoms with E-state index in [-0.39, 0.29) is 6.04 Å². The van der Waals surface area contributed by atoms with Gasteiger partial charge in [-0.25, -0.2) is 0 Å². The Morgan fingerprint density at radius 1 is 1.47 bits per heavy atom. The van der Waals surface area contributed by atoms with Crippen LogP contribution in [0.3, 0.4) is 0 Å². The Labute approximate surface area is 90.1 Å². The van der Waals surface area contributed by atoms with Gasteiger partial charge in [-0.15, -0.1) is 10.2 Å². The highest BCUT2D eigenvalue weighted by molar-refractivity contribution is 5.04. The van der Waals surface area contributed by atoms with Crippen LogP contribution in [0, 0.1) is 0 Å². The molecule has 0 amide bonds. The lowest BCUT2D eigenvalue weighted by atomic mass is 10.2. The number of aryl methyl sites for hydroxylation is 1. The summed E-state index contributed by atoms with van der Waals surface area (Å²) in [5, 5.41) is 11.8. The van der Waals surface area contributed by atoms with Gasteiger partial charge >= 0.3 is 0 Å². The van der Waals surface area contributed by atoms with E-state index in [1.165, 1.54) is 6.42 Å². The minimum absolute atomic E-state index is 0.225. The molecule has 0 bridgehead atoms. The Bertz CT molecular complexity index is 333. The van der Waals surface area contributed by atoms with Gasteiger partial charge in [0.1, 0.15) is 11.6 Å². The lowest BCUT2D eigenvalue weighted by Crippen LogP contribution is -2.36. The molecule has 5 heteroatoms. The van der Waals surface area contributed by atoms with Gasteiger partial charge in [0.05, 0.1) is 6.04 Å². The highest BCUT2D eigenvalue weighted by Crippen LogP contribution is 2.18. The number of fused-ring (bicyclic) bond motifs is 1. The van der Waals surface area contributed by atoms with E-state index in [0.717, 1.165) is 24.6 Å². The highest BCUT2D eigenvalue weighted by atomic mass is 15.3. The second-order valence-electron chi connectivity index (χ2n) is 4.25. The quantitative estimate of drug-likeness (QED) is 0.744. The van der Waals surface area contributed by atoms with Crippen LogP contribution in [0.1, 0.15) is 38.0 Å². The molecule has 0 saturated heterocycles. The normalized spacial score (nSPS) is 18.9. The third kappa shape index (κ3) is 2.03. The summed E-state index contributed by atoms with van der Waals surface area (Å²) in [4.78, 5) is 0. The fraction of sp³-hybridized carbons (Fsp3) is 0.800. The maximum absolute atomic E-state index is 5.58. The molecule has 0 aromatic carbocycles. The standard InChI is InChI=1S/C10H19N5/c1-7(6-11)12-8(2)10-14-13-9-4-3-5-15(9)10/h7-8,12H,3-6,11H2,1-2H3. The molecular weight excluding hydrogens is 190 g/mol. The largest absolute Gasteiger partial charge is 0.329 e. The summed E-state index contributed by atoms with van der Waals surface area (Å²) in [5.41, 5.74) is 5.58. The third-order valence-electron chi connectivity index (χ3n) is 2.91. The molecule has 0 aliphatic carbocycles. The molecule has 5 nitrogen and oxygen atoms in total. The van der Waals surface area contributed by atoms with E-state index in [2.05, 4.69) is 33.9 Å². The van der Waals surface area contributed by atoms with Gasteiger partial charge in [-0.05, 0) is 20.3 Å². The highest BCUT2D eigenvalue weighted by Gasteiger charge is 2.21. The summed E-state index contributed by atoms with van der Waals surface area (Å²) >= 11 is 0. The smallest absolute Gasteiger partial charge is 0.149 e. The summed E-state index contributed by atoms with van der Waals surface area (Å²) in [7, 11) is 0. The molecule has 15 heavy (non-hydrogen) atoms. The van der Waals surface area contributed by atoms with Crippen molar-refractivity contribution in [2.45, 2.75) is 45.3 Å². The first-order chi connectivity index (χ1) is 7.22. The maximum atomic E-state index is 5.58. The van der Waals surface area contributed by atoms with Crippen LogP contribution < -0.4 is 11.1 Å². The number of hydrogen-bond acceptors (Lipinski definition) is 4. The first kappa shape index (κ1) is 10.6. The second kappa shape index (κ2) is 4.28. The van der Waals surface area contributed by atoms with Crippen LogP contribution in [-0.4, -0.2) is 27.4 Å². The van der Waals surface area contributed by atoms with E-state index in [9.17, 15) is 0 Å². The molecule has 1 aliphatic heterocycles. The molecular formula is C10H19N5. The first-order valence-corrected chi connectivity index (χ1v) is 5.60. The molecule has 2 unspecified atom stereocenters. The molecule has 0 spiro atoms. The summed E-state index contributed by atoms with van der Waals surface area (Å²) in [6, 6.07) is 0.539. The van der Waals surface area contributed by atoms with Crippen molar-refractivity contribution in [3.8, 4) is 0 Å². The molecule has 1 aliphatic rings. The van der Waals surface area contributed by atoms with Gasteiger partial charge in [-0.1, -0.05) is 0 Å². The van der Waals surface area contributed by atoms with Crippen molar-refractivity contribution in [1.82, 2.24) is 20.1 Å². The second-order valence-corrected chi connectivity index (χ2v) is 4.25. The van der Waals surface area contributed by atoms with E-state index in [4.69, 9.17) is 5.73 Å². The summed E-state index contributed by atoms with van der Waals surface area (Å²) in [6.45, 7) is 5.89. The molecule has 2 heterocycles. The topological polar surface area (TPSA) is 68.8 Å². The molecule has 2 rings (SSSR count). The van der Waals surface area contributed by atoms with Crippen LogP contribution in [0.2, 0.25) is 0 Å². The predicted octanol–water partition coefficient (Wildman–Crippen LogP) is 0.222. The van der Waals surface area contributed by atoms with E-state index < -0.39 is 0 Å². The minimum atomic E-state index is 0.225. The number of nitrogens with one attached hydrogen (secondary N) is 1. The predicted molar refractivity (Wildman–Crippen MR) is 58.4 cm³/mol. The molecule has 0 saturated carbocycles. The molecule has 3 N–H and O–H groups in total. The monoisotopic (exact) mass is 209 g/mol. The van der Waals surface area contributed by atoms with Gasteiger partial charge in [0.2, 0.25) is 0 Å². The first-order valence-electron chi connectivity index (χ1n) is 5.60. The maximum Gasteiger partial charge on any atom is 0.149 e. The van der Waals surface area contributed by atoms with Gasteiger partial charge in [-0.3, -0.25) is 0 Å². The van der Waals surface area contributed by atoms with Gasteiger partial charge in [0.15, 0.2) is 0 Å². The zero-order valence-electron chi connectivity index (χ0n) is 9.40. The average molecular weight is 209 g/mol. The number of nitrogens with two attached hydrogens (primary N) is 1. The average Bonchev–Trinajstić information content (AvgIpc) is 2.77. The molecule has 0 radical (unpaired) electrons. The number of aromatic nitrogens is 3. The van der Waals surface area contributed by atoms with Crippen LogP contribution >= 0.6 is 0 Å². The number of nitrogens with zero attached hydrogens (tertiary/aromatic N) is 3. The fourth-order valence-electron chi connectivity index (χ4n) is 2.06. The van der Waals surface area contributed by atoms with Crippen LogP contribution in [0.25, 0.3) is 0 Å². The van der Waals surface area contributed by atoms with Crippen molar-refractivity contribution in [2.24, 2.45) is 5.73 Å². The number of rotatable bonds is 4. The Balaban J connectivity index is 2.08. The fourth-order valence-corrected chi connectivity index (χ4v) is 2.06. The Morgan fingerprint density at radius 2 is 2.27 bits per heavy atom. The Kier molecular flexibility index (Phi) is 3.02. The lowest BCUT2D eigenvalue weighted by molar-refractivity contribution is 0.454. The summed E-state index contributed by atoms with van der Waals surface area (Å²) < 4.78 is 2.22. The van der Waals surface area contributed by atoms with Crippen LogP contribution in [0.4, 0.5) is 0 Å². The minimum Gasteiger partial charge on any atom is -0.329 e. The summed E-state index contributed by atoms with van der Waals surface area (Å²) in [6.07, 6.45) is 2.25. The lowest BCUT2D eigenvalue weighted by Gasteiger charge is -2.18. The van der Waals surface area contributed by atoms with E-state index in [1.54, 1.807) is 0 Å². The van der Waals surface area contributed by atoms with Gasteiger partial charge in [-0.2, -0.15) is 0 Å².